The van der Waals surface area contributed by atoms with E-state index in [9.17, 15) is 0 Å². The fraction of sp³-hybridized carbons (Fsp3) is 0.111. The van der Waals surface area contributed by atoms with Crippen molar-refractivity contribution < 1.29 is 0 Å². The number of rotatable bonds is 0. The van der Waals surface area contributed by atoms with E-state index < -0.39 is 0 Å². The van der Waals surface area contributed by atoms with Crippen molar-refractivity contribution in [1.82, 2.24) is 10.2 Å². The second kappa shape index (κ2) is 2.97. The Kier molecular flexibility index (Phi) is 1.96. The molecule has 0 aliphatic heterocycles. The Morgan fingerprint density at radius 2 is 2.17 bits per heavy atom. The Bertz CT molecular complexity index is 426. The van der Waals surface area contributed by atoms with Gasteiger partial charge in [0, 0.05) is 14.3 Å². The van der Waals surface area contributed by atoms with Crippen LogP contribution in [-0.4, -0.2) is 10.2 Å². The lowest BCUT2D eigenvalue weighted by molar-refractivity contribution is 1.00. The standard InChI is InChI=1S/C9H7IN2/c1-6-9-3-2-8(10)4-7(9)5-11-12-6/h2-5H,1H3. The van der Waals surface area contributed by atoms with Gasteiger partial charge in [0.05, 0.1) is 11.9 Å². The number of nitrogens with zero attached hydrogens (tertiary/aromatic N) is 2. The number of fused-ring (bicyclic) bond motifs is 1. The summed E-state index contributed by atoms with van der Waals surface area (Å²) in [5, 5.41) is 10.2. The molecule has 60 valence electrons. The van der Waals surface area contributed by atoms with E-state index in [0.29, 0.717) is 0 Å². The van der Waals surface area contributed by atoms with Crippen LogP contribution in [-0.2, 0) is 0 Å². The van der Waals surface area contributed by atoms with Gasteiger partial charge in [-0.15, -0.1) is 0 Å². The van der Waals surface area contributed by atoms with Crippen LogP contribution >= 0.6 is 22.6 Å². The van der Waals surface area contributed by atoms with Gasteiger partial charge in [0.15, 0.2) is 0 Å². The van der Waals surface area contributed by atoms with Crippen molar-refractivity contribution in [1.29, 1.82) is 0 Å². The van der Waals surface area contributed by atoms with Gasteiger partial charge in [-0.05, 0) is 41.6 Å². The van der Waals surface area contributed by atoms with Gasteiger partial charge in [-0.1, -0.05) is 6.07 Å². The average molecular weight is 270 g/mol. The molecular weight excluding hydrogens is 263 g/mol. The number of hydrogen-bond donors (Lipinski definition) is 0. The Morgan fingerprint density at radius 3 is 3.00 bits per heavy atom. The zero-order valence-corrected chi connectivity index (χ0v) is 8.74. The van der Waals surface area contributed by atoms with E-state index in [-0.39, 0.29) is 0 Å². The molecule has 0 bridgehead atoms. The minimum Gasteiger partial charge on any atom is -0.158 e. The summed E-state index contributed by atoms with van der Waals surface area (Å²) < 4.78 is 1.23. The first-order valence-electron chi connectivity index (χ1n) is 3.65. The fourth-order valence-corrected chi connectivity index (χ4v) is 1.72. The Balaban J connectivity index is 2.86. The van der Waals surface area contributed by atoms with Crippen molar-refractivity contribution in [2.75, 3.05) is 0 Å². The normalized spacial score (nSPS) is 10.5. The highest BCUT2D eigenvalue weighted by molar-refractivity contribution is 14.1. The van der Waals surface area contributed by atoms with E-state index >= 15 is 0 Å². The molecule has 0 unspecified atom stereocenters. The van der Waals surface area contributed by atoms with Gasteiger partial charge in [-0.25, -0.2) is 0 Å². The van der Waals surface area contributed by atoms with Gasteiger partial charge >= 0.3 is 0 Å². The summed E-state index contributed by atoms with van der Waals surface area (Å²) in [6.07, 6.45) is 1.80. The molecule has 2 rings (SSSR count). The molecule has 2 nitrogen and oxygen atoms in total. The van der Waals surface area contributed by atoms with Gasteiger partial charge in [0.2, 0.25) is 0 Å². The highest BCUT2D eigenvalue weighted by atomic mass is 127. The van der Waals surface area contributed by atoms with Gasteiger partial charge in [0.25, 0.3) is 0 Å². The van der Waals surface area contributed by atoms with Crippen LogP contribution in [0.5, 0.6) is 0 Å². The molecule has 0 atom stereocenters. The van der Waals surface area contributed by atoms with Gasteiger partial charge < -0.3 is 0 Å². The summed E-state index contributed by atoms with van der Waals surface area (Å²) in [4.78, 5) is 0. The van der Waals surface area contributed by atoms with Gasteiger partial charge in [-0.3, -0.25) is 0 Å². The SMILES string of the molecule is Cc1nncc2cc(I)ccc12. The van der Waals surface area contributed by atoms with Crippen LogP contribution in [0.25, 0.3) is 10.8 Å². The number of benzene rings is 1. The van der Waals surface area contributed by atoms with Crippen LogP contribution in [0.2, 0.25) is 0 Å². The lowest BCUT2D eigenvalue weighted by atomic mass is 10.1. The van der Waals surface area contributed by atoms with E-state index in [0.717, 1.165) is 11.1 Å². The fourth-order valence-electron chi connectivity index (χ4n) is 1.20. The summed E-state index contributed by atoms with van der Waals surface area (Å²) in [5.74, 6) is 0. The first-order valence-corrected chi connectivity index (χ1v) is 4.73. The predicted molar refractivity (Wildman–Crippen MR) is 57.0 cm³/mol. The zero-order valence-electron chi connectivity index (χ0n) is 6.58. The van der Waals surface area contributed by atoms with Crippen LogP contribution < -0.4 is 0 Å². The third kappa shape index (κ3) is 1.29. The molecule has 3 heteroatoms. The molecule has 1 heterocycles. The van der Waals surface area contributed by atoms with Crippen molar-refractivity contribution in [3.8, 4) is 0 Å². The number of halogens is 1. The van der Waals surface area contributed by atoms with E-state index in [1.54, 1.807) is 6.20 Å². The third-order valence-electron chi connectivity index (χ3n) is 1.81. The Morgan fingerprint density at radius 1 is 1.33 bits per heavy atom. The smallest absolute Gasteiger partial charge is 0.0678 e. The second-order valence-electron chi connectivity index (χ2n) is 2.66. The molecule has 1 aromatic heterocycles. The minimum absolute atomic E-state index is 0.990. The maximum Gasteiger partial charge on any atom is 0.0678 e. The molecule has 12 heavy (non-hydrogen) atoms. The molecule has 0 fully saturated rings. The molecule has 0 radical (unpaired) electrons. The van der Waals surface area contributed by atoms with Crippen molar-refractivity contribution in [3.05, 3.63) is 33.7 Å². The van der Waals surface area contributed by atoms with Crippen LogP contribution in [0, 0.1) is 10.5 Å². The molecule has 0 spiro atoms. The topological polar surface area (TPSA) is 25.8 Å². The number of aryl methyl sites for hydroxylation is 1. The number of hydrogen-bond acceptors (Lipinski definition) is 2. The molecule has 0 N–H and O–H groups in total. The molecule has 0 saturated carbocycles. The maximum absolute atomic E-state index is 3.98. The summed E-state index contributed by atoms with van der Waals surface area (Å²) in [6.45, 7) is 1.97. The highest BCUT2D eigenvalue weighted by Crippen LogP contribution is 2.17. The number of aromatic nitrogens is 2. The van der Waals surface area contributed by atoms with Crippen molar-refractivity contribution in [2.45, 2.75) is 6.92 Å². The highest BCUT2D eigenvalue weighted by Gasteiger charge is 1.97. The summed E-state index contributed by atoms with van der Waals surface area (Å²) in [6, 6.07) is 6.27. The summed E-state index contributed by atoms with van der Waals surface area (Å²) >= 11 is 2.29. The van der Waals surface area contributed by atoms with Crippen molar-refractivity contribution in [2.24, 2.45) is 0 Å². The monoisotopic (exact) mass is 270 g/mol. The maximum atomic E-state index is 3.98. The Labute approximate surface area is 84.1 Å². The van der Waals surface area contributed by atoms with Crippen LogP contribution in [0.3, 0.4) is 0 Å². The molecule has 0 aliphatic rings. The molecular formula is C9H7IN2. The third-order valence-corrected chi connectivity index (χ3v) is 2.48. The first kappa shape index (κ1) is 7.91. The zero-order chi connectivity index (χ0) is 8.55. The molecule has 2 aromatic rings. The summed E-state index contributed by atoms with van der Waals surface area (Å²) in [7, 11) is 0. The first-order chi connectivity index (χ1) is 5.77. The molecule has 1 aromatic carbocycles. The van der Waals surface area contributed by atoms with Crippen LogP contribution in [0.4, 0.5) is 0 Å². The second-order valence-corrected chi connectivity index (χ2v) is 3.91. The predicted octanol–water partition coefficient (Wildman–Crippen LogP) is 2.54. The average Bonchev–Trinajstić information content (AvgIpc) is 2.04. The summed E-state index contributed by atoms with van der Waals surface area (Å²) in [5.41, 5.74) is 0.990. The van der Waals surface area contributed by atoms with Crippen LogP contribution in [0.1, 0.15) is 5.69 Å². The van der Waals surface area contributed by atoms with Gasteiger partial charge in [-0.2, -0.15) is 10.2 Å². The van der Waals surface area contributed by atoms with Crippen LogP contribution in [0.15, 0.2) is 24.4 Å². The Hall–Kier alpha value is -0.710. The van der Waals surface area contributed by atoms with Gasteiger partial charge in [0.1, 0.15) is 0 Å². The lowest BCUT2D eigenvalue weighted by Gasteiger charge is -1.99. The minimum atomic E-state index is 0.990. The van der Waals surface area contributed by atoms with E-state index in [2.05, 4.69) is 51.0 Å². The molecule has 0 amide bonds. The molecule has 0 saturated heterocycles. The van der Waals surface area contributed by atoms with E-state index in [1.807, 2.05) is 6.92 Å². The van der Waals surface area contributed by atoms with Crippen molar-refractivity contribution in [3.63, 3.8) is 0 Å². The van der Waals surface area contributed by atoms with Crippen molar-refractivity contribution >= 4 is 33.4 Å². The lowest BCUT2D eigenvalue weighted by Crippen LogP contribution is -1.87. The quantitative estimate of drug-likeness (QED) is 0.687. The van der Waals surface area contributed by atoms with E-state index in [1.165, 1.54) is 8.96 Å². The molecule has 0 aliphatic carbocycles. The largest absolute Gasteiger partial charge is 0.158 e. The van der Waals surface area contributed by atoms with E-state index in [4.69, 9.17) is 0 Å².